The summed E-state index contributed by atoms with van der Waals surface area (Å²) in [6, 6.07) is 10.3. The van der Waals surface area contributed by atoms with E-state index in [-0.39, 0.29) is 5.91 Å². The second-order valence-corrected chi connectivity index (χ2v) is 8.55. The monoisotopic (exact) mass is 478 g/mol. The lowest BCUT2D eigenvalue weighted by Crippen LogP contribution is -2.47. The highest BCUT2D eigenvalue weighted by Crippen LogP contribution is 2.40. The molecule has 170 valence electrons. The third-order valence-electron chi connectivity index (χ3n) is 5.86. The Balaban J connectivity index is 1.70. The Morgan fingerprint density at radius 2 is 1.97 bits per heavy atom. The molecule has 0 radical (unpaired) electrons. The lowest BCUT2D eigenvalue weighted by molar-refractivity contribution is -0.0425. The van der Waals surface area contributed by atoms with Gasteiger partial charge in [0.1, 0.15) is 16.5 Å². The molecular weight excluding hydrogens is 455 g/mol. The van der Waals surface area contributed by atoms with Gasteiger partial charge in [-0.05, 0) is 18.6 Å². The molecule has 9 heteroatoms. The molecule has 1 fully saturated rings. The van der Waals surface area contributed by atoms with Crippen molar-refractivity contribution >= 4 is 40.0 Å². The smallest absolute Gasteiger partial charge is 0.268 e. The standard InChI is InChI=1S/C23H24Cl2N2O5/c1-3-32-18-11-16-15(19(24)20(18)25)10-17(27(16)2)21(28)26-23(8-9-31-12-23)14-6-4-13(5-7-14)22(29)30/h4-7,10-11,22,29-30H,3,8-9,12H2,1-2H3,(H,26,28). The Labute approximate surface area is 195 Å². The number of carbonyl (C=O) groups is 1. The zero-order valence-corrected chi connectivity index (χ0v) is 19.2. The second kappa shape index (κ2) is 8.92. The Morgan fingerprint density at radius 3 is 2.56 bits per heavy atom. The average Bonchev–Trinajstić information content (AvgIpc) is 3.38. The molecule has 0 aliphatic carbocycles. The van der Waals surface area contributed by atoms with Crippen LogP contribution in [0.3, 0.4) is 0 Å². The Kier molecular flexibility index (Phi) is 6.38. The molecule has 2 aromatic carbocycles. The zero-order valence-electron chi connectivity index (χ0n) is 17.7. The van der Waals surface area contributed by atoms with E-state index < -0.39 is 11.8 Å². The largest absolute Gasteiger partial charge is 0.492 e. The predicted molar refractivity (Wildman–Crippen MR) is 122 cm³/mol. The molecule has 32 heavy (non-hydrogen) atoms. The lowest BCUT2D eigenvalue weighted by Gasteiger charge is -2.30. The van der Waals surface area contributed by atoms with Gasteiger partial charge in [-0.15, -0.1) is 0 Å². The first-order valence-electron chi connectivity index (χ1n) is 10.2. The molecule has 1 aliphatic heterocycles. The maximum atomic E-state index is 13.4. The van der Waals surface area contributed by atoms with Crippen LogP contribution < -0.4 is 10.1 Å². The summed E-state index contributed by atoms with van der Waals surface area (Å²) in [5.41, 5.74) is 1.61. The number of nitrogens with zero attached hydrogens (tertiary/aromatic N) is 1. The fraction of sp³-hybridized carbons (Fsp3) is 0.348. The van der Waals surface area contributed by atoms with E-state index in [9.17, 15) is 15.0 Å². The van der Waals surface area contributed by atoms with Crippen LogP contribution in [0.5, 0.6) is 5.75 Å². The minimum atomic E-state index is -1.55. The third-order valence-corrected chi connectivity index (χ3v) is 6.73. The summed E-state index contributed by atoms with van der Waals surface area (Å²) in [7, 11) is 1.78. The van der Waals surface area contributed by atoms with E-state index >= 15 is 0 Å². The molecule has 0 bridgehead atoms. The summed E-state index contributed by atoms with van der Waals surface area (Å²) >= 11 is 12.8. The summed E-state index contributed by atoms with van der Waals surface area (Å²) in [6.07, 6.45) is -0.964. The van der Waals surface area contributed by atoms with Crippen molar-refractivity contribution in [3.05, 3.63) is 63.3 Å². The molecule has 3 aromatic rings. The third kappa shape index (κ3) is 3.95. The number of aromatic nitrogens is 1. The number of aryl methyl sites for hydroxylation is 1. The summed E-state index contributed by atoms with van der Waals surface area (Å²) < 4.78 is 13.0. The van der Waals surface area contributed by atoms with E-state index in [1.165, 1.54) is 0 Å². The Hall–Kier alpha value is -2.29. The molecule has 1 aliphatic rings. The van der Waals surface area contributed by atoms with Crippen LogP contribution in [0.2, 0.25) is 10.0 Å². The minimum absolute atomic E-state index is 0.286. The van der Waals surface area contributed by atoms with Gasteiger partial charge in [0.15, 0.2) is 6.29 Å². The number of nitrogens with one attached hydrogen (secondary N) is 1. The molecule has 0 spiro atoms. The van der Waals surface area contributed by atoms with Gasteiger partial charge in [-0.3, -0.25) is 4.79 Å². The topological polar surface area (TPSA) is 93.0 Å². The van der Waals surface area contributed by atoms with E-state index in [1.807, 2.05) is 6.92 Å². The molecule has 1 saturated heterocycles. The number of halogens is 2. The number of aliphatic hydroxyl groups is 2. The number of carbonyl (C=O) groups excluding carboxylic acids is 1. The van der Waals surface area contributed by atoms with Crippen LogP contribution in [0.1, 0.15) is 41.2 Å². The summed E-state index contributed by atoms with van der Waals surface area (Å²) in [5.74, 6) is 0.178. The molecule has 4 rings (SSSR count). The maximum absolute atomic E-state index is 13.4. The normalized spacial score (nSPS) is 18.5. The first-order valence-corrected chi connectivity index (χ1v) is 11.0. The molecule has 7 nitrogen and oxygen atoms in total. The fourth-order valence-corrected chi connectivity index (χ4v) is 4.54. The maximum Gasteiger partial charge on any atom is 0.268 e. The van der Waals surface area contributed by atoms with Crippen LogP contribution in [0, 0.1) is 0 Å². The van der Waals surface area contributed by atoms with Gasteiger partial charge in [0.2, 0.25) is 0 Å². The van der Waals surface area contributed by atoms with Gasteiger partial charge in [0.25, 0.3) is 5.91 Å². The predicted octanol–water partition coefficient (Wildman–Crippen LogP) is 3.91. The molecular formula is C23H24Cl2N2O5. The van der Waals surface area contributed by atoms with Crippen molar-refractivity contribution in [3.8, 4) is 5.75 Å². The van der Waals surface area contributed by atoms with Crippen molar-refractivity contribution in [2.75, 3.05) is 19.8 Å². The number of ether oxygens (including phenoxy) is 2. The Bertz CT molecular complexity index is 1150. The number of fused-ring (bicyclic) bond motifs is 1. The van der Waals surface area contributed by atoms with Crippen molar-refractivity contribution in [1.29, 1.82) is 0 Å². The van der Waals surface area contributed by atoms with Crippen LogP contribution in [-0.4, -0.2) is 40.5 Å². The SMILES string of the molecule is CCOc1cc2c(cc(C(=O)NC3(c4ccc(C(O)O)cc4)CCOC3)n2C)c(Cl)c1Cl. The molecule has 1 amide bonds. The van der Waals surface area contributed by atoms with Crippen molar-refractivity contribution in [3.63, 3.8) is 0 Å². The van der Waals surface area contributed by atoms with Crippen LogP contribution in [0.15, 0.2) is 36.4 Å². The van der Waals surface area contributed by atoms with Crippen LogP contribution in [0.25, 0.3) is 10.9 Å². The van der Waals surface area contributed by atoms with Gasteiger partial charge in [0.05, 0.1) is 29.3 Å². The van der Waals surface area contributed by atoms with E-state index in [1.54, 1.807) is 48.0 Å². The quantitative estimate of drug-likeness (QED) is 0.467. The van der Waals surface area contributed by atoms with Crippen LogP contribution >= 0.6 is 23.2 Å². The summed E-state index contributed by atoms with van der Waals surface area (Å²) in [6.45, 7) is 3.10. The number of hydrogen-bond donors (Lipinski definition) is 3. The number of hydrogen-bond acceptors (Lipinski definition) is 5. The van der Waals surface area contributed by atoms with Gasteiger partial charge >= 0.3 is 0 Å². The van der Waals surface area contributed by atoms with Gasteiger partial charge in [-0.2, -0.15) is 0 Å². The Morgan fingerprint density at radius 1 is 1.25 bits per heavy atom. The second-order valence-electron chi connectivity index (χ2n) is 7.79. The highest BCUT2D eigenvalue weighted by Gasteiger charge is 2.39. The molecule has 1 atom stereocenters. The van der Waals surface area contributed by atoms with Gasteiger partial charge in [-0.1, -0.05) is 47.5 Å². The van der Waals surface area contributed by atoms with E-state index in [0.717, 1.165) is 11.1 Å². The first-order chi connectivity index (χ1) is 15.3. The average molecular weight is 479 g/mol. The van der Waals surface area contributed by atoms with Gasteiger partial charge in [0, 0.05) is 37.1 Å². The molecule has 0 saturated carbocycles. The molecule has 1 aromatic heterocycles. The molecule has 1 unspecified atom stereocenters. The van der Waals surface area contributed by atoms with Crippen LogP contribution in [0.4, 0.5) is 0 Å². The highest BCUT2D eigenvalue weighted by atomic mass is 35.5. The zero-order chi connectivity index (χ0) is 23.0. The van der Waals surface area contributed by atoms with E-state index in [2.05, 4.69) is 5.32 Å². The van der Waals surface area contributed by atoms with Gasteiger partial charge in [-0.25, -0.2) is 0 Å². The minimum Gasteiger partial charge on any atom is -0.492 e. The van der Waals surface area contributed by atoms with E-state index in [4.69, 9.17) is 32.7 Å². The van der Waals surface area contributed by atoms with Crippen molar-refractivity contribution in [1.82, 2.24) is 9.88 Å². The number of benzene rings is 2. The number of amides is 1. The van der Waals surface area contributed by atoms with Crippen molar-refractivity contribution in [2.24, 2.45) is 7.05 Å². The van der Waals surface area contributed by atoms with Crippen molar-refractivity contribution < 1.29 is 24.5 Å². The highest BCUT2D eigenvalue weighted by molar-refractivity contribution is 6.46. The molecule has 3 N–H and O–H groups in total. The first kappa shape index (κ1) is 22.9. The molecule has 2 heterocycles. The fourth-order valence-electron chi connectivity index (χ4n) is 4.08. The van der Waals surface area contributed by atoms with Crippen LogP contribution in [-0.2, 0) is 17.3 Å². The number of rotatable bonds is 6. The lowest BCUT2D eigenvalue weighted by atomic mass is 9.88. The summed E-state index contributed by atoms with van der Waals surface area (Å²) in [5, 5.41) is 23.2. The van der Waals surface area contributed by atoms with Gasteiger partial charge < -0.3 is 29.6 Å². The summed E-state index contributed by atoms with van der Waals surface area (Å²) in [4.78, 5) is 13.4. The van der Waals surface area contributed by atoms with Crippen molar-refractivity contribution in [2.45, 2.75) is 25.2 Å². The van der Waals surface area contributed by atoms with E-state index in [0.29, 0.717) is 58.7 Å². The number of aliphatic hydroxyl groups excluding tert-OH is 1.